The Labute approximate surface area is 68.9 Å². The monoisotopic (exact) mass is 161 g/mol. The molecule has 0 spiro atoms. The van der Waals surface area contributed by atoms with Gasteiger partial charge in [-0.15, -0.1) is 0 Å². The zero-order valence-corrected chi connectivity index (χ0v) is 6.23. The molecule has 0 bridgehead atoms. The Hall–Kier alpha value is -1.68. The standard InChI is InChI=1S/C8H7N3O/c12-11-8-5-9-6-3-1-2-4-7(6)10-8/h1-5,12H,(H,10,11). The number of benzene rings is 1. The Morgan fingerprint density at radius 1 is 1.17 bits per heavy atom. The smallest absolute Gasteiger partial charge is 0.168 e. The summed E-state index contributed by atoms with van der Waals surface area (Å²) in [5.41, 5.74) is 3.52. The van der Waals surface area contributed by atoms with E-state index in [1.807, 2.05) is 29.7 Å². The van der Waals surface area contributed by atoms with Gasteiger partial charge in [-0.3, -0.25) is 15.7 Å². The van der Waals surface area contributed by atoms with Crippen LogP contribution in [0.25, 0.3) is 11.0 Å². The molecule has 4 nitrogen and oxygen atoms in total. The molecular weight excluding hydrogens is 154 g/mol. The van der Waals surface area contributed by atoms with Gasteiger partial charge in [0.2, 0.25) is 0 Å². The van der Waals surface area contributed by atoms with E-state index in [1.165, 1.54) is 6.20 Å². The molecule has 0 saturated heterocycles. The van der Waals surface area contributed by atoms with Crippen molar-refractivity contribution < 1.29 is 5.21 Å². The number of aromatic nitrogens is 2. The highest BCUT2D eigenvalue weighted by Gasteiger charge is 1.95. The second-order valence-electron chi connectivity index (χ2n) is 2.36. The van der Waals surface area contributed by atoms with E-state index in [-0.39, 0.29) is 0 Å². The van der Waals surface area contributed by atoms with E-state index in [9.17, 15) is 0 Å². The summed E-state index contributed by atoms with van der Waals surface area (Å²) in [6.07, 6.45) is 1.47. The number of para-hydroxylation sites is 2. The predicted octanol–water partition coefficient (Wildman–Crippen LogP) is 1.43. The van der Waals surface area contributed by atoms with Crippen molar-refractivity contribution in [2.24, 2.45) is 0 Å². The van der Waals surface area contributed by atoms with Gasteiger partial charge < -0.3 is 0 Å². The molecule has 60 valence electrons. The van der Waals surface area contributed by atoms with Crippen LogP contribution in [0.1, 0.15) is 0 Å². The second kappa shape index (κ2) is 2.75. The van der Waals surface area contributed by atoms with Gasteiger partial charge in [0.05, 0.1) is 17.2 Å². The Morgan fingerprint density at radius 3 is 2.67 bits per heavy atom. The molecule has 0 aliphatic rings. The van der Waals surface area contributed by atoms with Crippen molar-refractivity contribution >= 4 is 16.9 Å². The van der Waals surface area contributed by atoms with Crippen LogP contribution in [0.2, 0.25) is 0 Å². The molecule has 2 N–H and O–H groups in total. The van der Waals surface area contributed by atoms with E-state index in [1.54, 1.807) is 0 Å². The molecule has 12 heavy (non-hydrogen) atoms. The first-order valence-corrected chi connectivity index (χ1v) is 3.52. The molecule has 0 amide bonds. The van der Waals surface area contributed by atoms with Crippen LogP contribution >= 0.6 is 0 Å². The van der Waals surface area contributed by atoms with Crippen LogP contribution in [0.15, 0.2) is 30.5 Å². The van der Waals surface area contributed by atoms with Crippen LogP contribution in [-0.2, 0) is 0 Å². The molecule has 2 rings (SSSR count). The fraction of sp³-hybridized carbons (Fsp3) is 0. The number of rotatable bonds is 1. The largest absolute Gasteiger partial charge is 0.290 e. The molecule has 4 heteroatoms. The fourth-order valence-electron chi connectivity index (χ4n) is 1.01. The van der Waals surface area contributed by atoms with E-state index in [0.717, 1.165) is 11.0 Å². The van der Waals surface area contributed by atoms with Crippen LogP contribution in [0, 0.1) is 0 Å². The summed E-state index contributed by atoms with van der Waals surface area (Å²) in [5.74, 6) is 0.355. The minimum Gasteiger partial charge on any atom is -0.290 e. The van der Waals surface area contributed by atoms with Gasteiger partial charge >= 0.3 is 0 Å². The molecule has 0 atom stereocenters. The first-order chi connectivity index (χ1) is 5.90. The minimum absolute atomic E-state index is 0.355. The summed E-state index contributed by atoms with van der Waals surface area (Å²) < 4.78 is 0. The Bertz CT molecular complexity index is 402. The number of nitrogens with zero attached hydrogens (tertiary/aromatic N) is 2. The molecular formula is C8H7N3O. The average Bonchev–Trinajstić information content (AvgIpc) is 2.17. The highest BCUT2D eigenvalue weighted by Crippen LogP contribution is 2.09. The molecule has 1 aromatic heterocycles. The number of nitrogens with one attached hydrogen (secondary N) is 1. The van der Waals surface area contributed by atoms with Gasteiger partial charge in [0.1, 0.15) is 0 Å². The van der Waals surface area contributed by atoms with Gasteiger partial charge in [0.15, 0.2) is 5.82 Å². The Balaban J connectivity index is 2.67. The zero-order valence-electron chi connectivity index (χ0n) is 6.23. The Kier molecular flexibility index (Phi) is 1.60. The summed E-state index contributed by atoms with van der Waals surface area (Å²) in [5, 5.41) is 8.54. The van der Waals surface area contributed by atoms with E-state index in [4.69, 9.17) is 5.21 Å². The van der Waals surface area contributed by atoms with E-state index in [0.29, 0.717) is 5.82 Å². The Morgan fingerprint density at radius 2 is 1.92 bits per heavy atom. The van der Waals surface area contributed by atoms with Crippen LogP contribution in [0.4, 0.5) is 5.82 Å². The third-order valence-corrected chi connectivity index (χ3v) is 1.56. The first kappa shape index (κ1) is 7.00. The number of fused-ring (bicyclic) bond motifs is 1. The number of hydrogen-bond acceptors (Lipinski definition) is 4. The fourth-order valence-corrected chi connectivity index (χ4v) is 1.01. The van der Waals surface area contributed by atoms with Crippen LogP contribution < -0.4 is 5.48 Å². The van der Waals surface area contributed by atoms with Gasteiger partial charge in [-0.1, -0.05) is 12.1 Å². The van der Waals surface area contributed by atoms with Crippen molar-refractivity contribution in [3.8, 4) is 0 Å². The second-order valence-corrected chi connectivity index (χ2v) is 2.36. The minimum atomic E-state index is 0.355. The summed E-state index contributed by atoms with van der Waals surface area (Å²) in [4.78, 5) is 8.14. The van der Waals surface area contributed by atoms with Gasteiger partial charge in [0.25, 0.3) is 0 Å². The summed E-state index contributed by atoms with van der Waals surface area (Å²) in [6, 6.07) is 7.47. The predicted molar refractivity (Wildman–Crippen MR) is 44.9 cm³/mol. The summed E-state index contributed by atoms with van der Waals surface area (Å²) in [6.45, 7) is 0. The summed E-state index contributed by atoms with van der Waals surface area (Å²) in [7, 11) is 0. The number of anilines is 1. The number of hydrogen-bond donors (Lipinski definition) is 2. The van der Waals surface area contributed by atoms with Crippen LogP contribution in [0.5, 0.6) is 0 Å². The molecule has 1 heterocycles. The van der Waals surface area contributed by atoms with E-state index >= 15 is 0 Å². The van der Waals surface area contributed by atoms with Crippen molar-refractivity contribution in [1.82, 2.24) is 9.97 Å². The van der Waals surface area contributed by atoms with Crippen molar-refractivity contribution in [2.75, 3.05) is 5.48 Å². The maximum atomic E-state index is 8.54. The molecule has 0 aliphatic carbocycles. The van der Waals surface area contributed by atoms with Gasteiger partial charge in [0, 0.05) is 0 Å². The molecule has 2 aromatic rings. The molecule has 1 aromatic carbocycles. The highest BCUT2D eigenvalue weighted by atomic mass is 16.5. The molecule has 0 saturated carbocycles. The average molecular weight is 161 g/mol. The lowest BCUT2D eigenvalue weighted by molar-refractivity contribution is 0.386. The zero-order chi connectivity index (χ0) is 8.39. The third kappa shape index (κ3) is 1.08. The van der Waals surface area contributed by atoms with Gasteiger partial charge in [-0.25, -0.2) is 4.98 Å². The maximum absolute atomic E-state index is 8.54. The molecule has 0 radical (unpaired) electrons. The van der Waals surface area contributed by atoms with Gasteiger partial charge in [-0.2, -0.15) is 0 Å². The van der Waals surface area contributed by atoms with Crippen molar-refractivity contribution in [2.45, 2.75) is 0 Å². The normalized spacial score (nSPS) is 10.1. The van der Waals surface area contributed by atoms with E-state index in [2.05, 4.69) is 9.97 Å². The third-order valence-electron chi connectivity index (χ3n) is 1.56. The lowest BCUT2D eigenvalue weighted by Crippen LogP contribution is -1.94. The SMILES string of the molecule is ONc1cnc2ccccc2n1. The van der Waals surface area contributed by atoms with Crippen molar-refractivity contribution in [1.29, 1.82) is 0 Å². The molecule has 0 fully saturated rings. The lowest BCUT2D eigenvalue weighted by Gasteiger charge is -1.98. The molecule has 0 unspecified atom stereocenters. The first-order valence-electron chi connectivity index (χ1n) is 3.52. The molecule has 0 aliphatic heterocycles. The van der Waals surface area contributed by atoms with Crippen molar-refractivity contribution in [3.63, 3.8) is 0 Å². The lowest BCUT2D eigenvalue weighted by atomic mass is 10.3. The quantitative estimate of drug-likeness (QED) is 0.621. The van der Waals surface area contributed by atoms with Gasteiger partial charge in [-0.05, 0) is 12.1 Å². The topological polar surface area (TPSA) is 58.0 Å². The van der Waals surface area contributed by atoms with Crippen LogP contribution in [-0.4, -0.2) is 15.2 Å². The van der Waals surface area contributed by atoms with Crippen molar-refractivity contribution in [3.05, 3.63) is 30.5 Å². The highest BCUT2D eigenvalue weighted by molar-refractivity contribution is 5.74. The van der Waals surface area contributed by atoms with E-state index < -0.39 is 0 Å². The summed E-state index contributed by atoms with van der Waals surface area (Å²) >= 11 is 0. The maximum Gasteiger partial charge on any atom is 0.168 e. The van der Waals surface area contributed by atoms with Crippen LogP contribution in [0.3, 0.4) is 0 Å².